The van der Waals surface area contributed by atoms with E-state index in [1.165, 1.54) is 13.2 Å². The lowest BCUT2D eigenvalue weighted by Gasteiger charge is -2.15. The molecule has 1 aliphatic rings. The summed E-state index contributed by atoms with van der Waals surface area (Å²) in [6.45, 7) is 2.39. The van der Waals surface area contributed by atoms with Crippen LogP contribution in [0.25, 0.3) is 0 Å². The van der Waals surface area contributed by atoms with E-state index in [9.17, 15) is 10.1 Å². The molecule has 1 saturated heterocycles. The van der Waals surface area contributed by atoms with Gasteiger partial charge in [-0.3, -0.25) is 10.1 Å². The lowest BCUT2D eigenvalue weighted by molar-refractivity contribution is -0.385. The Kier molecular flexibility index (Phi) is 5.41. The zero-order valence-corrected chi connectivity index (χ0v) is 13.6. The van der Waals surface area contributed by atoms with Gasteiger partial charge in [0, 0.05) is 10.9 Å². The first-order valence-corrected chi connectivity index (χ1v) is 7.86. The molecular weight excluding hydrogens is 342 g/mol. The molecule has 0 radical (unpaired) electrons. The normalized spacial score (nSPS) is 21.3. The second kappa shape index (κ2) is 7.09. The third-order valence-electron chi connectivity index (χ3n) is 3.45. The fourth-order valence-electron chi connectivity index (χ4n) is 2.33. The molecule has 2 atom stereocenters. The number of rotatable bonds is 6. The van der Waals surface area contributed by atoms with Crippen LogP contribution in [0.15, 0.2) is 12.1 Å². The molecule has 2 rings (SSSR count). The van der Waals surface area contributed by atoms with Crippen LogP contribution in [0.1, 0.15) is 25.3 Å². The van der Waals surface area contributed by atoms with E-state index in [-0.39, 0.29) is 17.9 Å². The monoisotopic (exact) mass is 359 g/mol. The van der Waals surface area contributed by atoms with Gasteiger partial charge in [-0.2, -0.15) is 0 Å². The number of nitrogens with zero attached hydrogens (tertiary/aromatic N) is 1. The largest absolute Gasteiger partial charge is 0.493 e. The number of alkyl halides is 1. The van der Waals surface area contributed by atoms with Gasteiger partial charge in [0.1, 0.15) is 6.61 Å². The van der Waals surface area contributed by atoms with Gasteiger partial charge in [-0.1, -0.05) is 15.9 Å². The first-order valence-electron chi connectivity index (χ1n) is 6.74. The number of halogens is 1. The Labute approximate surface area is 131 Å². The van der Waals surface area contributed by atoms with Crippen LogP contribution < -0.4 is 9.47 Å². The van der Waals surface area contributed by atoms with Crippen molar-refractivity contribution in [1.29, 1.82) is 0 Å². The fourth-order valence-corrected chi connectivity index (χ4v) is 2.78. The summed E-state index contributed by atoms with van der Waals surface area (Å²) in [6.07, 6.45) is 2.21. The summed E-state index contributed by atoms with van der Waals surface area (Å²) < 4.78 is 16.6. The van der Waals surface area contributed by atoms with Crippen molar-refractivity contribution in [3.8, 4) is 11.5 Å². The van der Waals surface area contributed by atoms with E-state index >= 15 is 0 Å². The molecule has 0 aliphatic carbocycles. The standard InChI is InChI=1S/C14H18BrNO5/c1-9-3-4-11(21-9)8-20-14-6-12(16(17)18)10(7-15)5-13(14)19-2/h5-6,9,11H,3-4,7-8H2,1-2H3. The number of hydrogen-bond donors (Lipinski definition) is 0. The van der Waals surface area contributed by atoms with E-state index in [1.54, 1.807) is 6.07 Å². The van der Waals surface area contributed by atoms with E-state index < -0.39 is 4.92 Å². The Morgan fingerprint density at radius 3 is 2.71 bits per heavy atom. The number of benzene rings is 1. The summed E-state index contributed by atoms with van der Waals surface area (Å²) in [5, 5.41) is 11.5. The molecule has 1 aliphatic heterocycles. The highest BCUT2D eigenvalue weighted by atomic mass is 79.9. The van der Waals surface area contributed by atoms with Crippen LogP contribution in [0.4, 0.5) is 5.69 Å². The summed E-state index contributed by atoms with van der Waals surface area (Å²) in [5.74, 6) is 0.859. The summed E-state index contributed by atoms with van der Waals surface area (Å²) in [7, 11) is 1.51. The summed E-state index contributed by atoms with van der Waals surface area (Å²) in [5.41, 5.74) is 0.568. The van der Waals surface area contributed by atoms with Crippen molar-refractivity contribution >= 4 is 21.6 Å². The second-order valence-corrected chi connectivity index (χ2v) is 5.54. The molecule has 2 unspecified atom stereocenters. The molecule has 0 amide bonds. The Morgan fingerprint density at radius 2 is 2.19 bits per heavy atom. The lowest BCUT2D eigenvalue weighted by atomic mass is 10.1. The molecule has 116 valence electrons. The van der Waals surface area contributed by atoms with Crippen LogP contribution in [0, 0.1) is 10.1 Å². The van der Waals surface area contributed by atoms with E-state index in [0.29, 0.717) is 29.0 Å². The van der Waals surface area contributed by atoms with Crippen LogP contribution in [0.2, 0.25) is 0 Å². The summed E-state index contributed by atoms with van der Waals surface area (Å²) in [6, 6.07) is 3.04. The second-order valence-electron chi connectivity index (χ2n) is 4.98. The minimum Gasteiger partial charge on any atom is -0.493 e. The molecule has 0 aromatic heterocycles. The van der Waals surface area contributed by atoms with Crippen molar-refractivity contribution in [1.82, 2.24) is 0 Å². The average Bonchev–Trinajstić information content (AvgIpc) is 2.89. The third kappa shape index (κ3) is 3.85. The van der Waals surface area contributed by atoms with Gasteiger partial charge in [-0.25, -0.2) is 0 Å². The van der Waals surface area contributed by atoms with E-state index in [4.69, 9.17) is 14.2 Å². The minimum absolute atomic E-state index is 0.0170. The Morgan fingerprint density at radius 1 is 1.43 bits per heavy atom. The highest BCUT2D eigenvalue weighted by molar-refractivity contribution is 9.08. The molecule has 1 heterocycles. The predicted octanol–water partition coefficient (Wildman–Crippen LogP) is 3.44. The van der Waals surface area contributed by atoms with Crippen molar-refractivity contribution in [2.24, 2.45) is 0 Å². The molecule has 0 spiro atoms. The number of ether oxygens (including phenoxy) is 3. The van der Waals surface area contributed by atoms with Gasteiger partial charge in [-0.15, -0.1) is 0 Å². The first kappa shape index (κ1) is 16.0. The molecule has 0 saturated carbocycles. The number of methoxy groups -OCH3 is 1. The molecule has 6 nitrogen and oxygen atoms in total. The molecule has 1 aromatic carbocycles. The lowest BCUT2D eigenvalue weighted by Crippen LogP contribution is -2.18. The number of hydrogen-bond acceptors (Lipinski definition) is 5. The maximum atomic E-state index is 11.1. The number of nitro benzene ring substituents is 1. The van der Waals surface area contributed by atoms with Crippen molar-refractivity contribution in [3.63, 3.8) is 0 Å². The average molecular weight is 360 g/mol. The van der Waals surface area contributed by atoms with Gasteiger partial charge in [0.15, 0.2) is 11.5 Å². The SMILES string of the molecule is COc1cc(CBr)c([N+](=O)[O-])cc1OCC1CCC(C)O1. The Balaban J connectivity index is 2.17. The van der Waals surface area contributed by atoms with Crippen LogP contribution in [0.3, 0.4) is 0 Å². The molecule has 1 fully saturated rings. The molecule has 0 bridgehead atoms. The predicted molar refractivity (Wildman–Crippen MR) is 81.3 cm³/mol. The van der Waals surface area contributed by atoms with Crippen molar-refractivity contribution in [2.75, 3.05) is 13.7 Å². The topological polar surface area (TPSA) is 70.8 Å². The molecule has 7 heteroatoms. The summed E-state index contributed by atoms with van der Waals surface area (Å²) >= 11 is 3.24. The van der Waals surface area contributed by atoms with Gasteiger partial charge in [0.05, 0.1) is 30.3 Å². The van der Waals surface area contributed by atoms with E-state index in [0.717, 1.165) is 12.8 Å². The van der Waals surface area contributed by atoms with E-state index in [2.05, 4.69) is 15.9 Å². The Hall–Kier alpha value is -1.34. The van der Waals surface area contributed by atoms with Crippen LogP contribution >= 0.6 is 15.9 Å². The molecule has 21 heavy (non-hydrogen) atoms. The highest BCUT2D eigenvalue weighted by Crippen LogP contribution is 2.36. The fraction of sp³-hybridized carbons (Fsp3) is 0.571. The van der Waals surface area contributed by atoms with E-state index in [1.807, 2.05) is 6.92 Å². The smallest absolute Gasteiger partial charge is 0.277 e. The maximum Gasteiger partial charge on any atom is 0.277 e. The quantitative estimate of drug-likeness (QED) is 0.442. The Bertz CT molecular complexity index is 522. The summed E-state index contributed by atoms with van der Waals surface area (Å²) in [4.78, 5) is 10.7. The van der Waals surface area contributed by atoms with Crippen molar-refractivity contribution in [3.05, 3.63) is 27.8 Å². The third-order valence-corrected chi connectivity index (χ3v) is 4.05. The molecule has 0 N–H and O–H groups in total. The number of nitro groups is 1. The van der Waals surface area contributed by atoms with Crippen molar-refractivity contribution < 1.29 is 19.1 Å². The zero-order chi connectivity index (χ0) is 15.4. The van der Waals surface area contributed by atoms with Crippen molar-refractivity contribution in [2.45, 2.75) is 37.3 Å². The highest BCUT2D eigenvalue weighted by Gasteiger charge is 2.24. The van der Waals surface area contributed by atoms with Gasteiger partial charge >= 0.3 is 0 Å². The molecular formula is C14H18BrNO5. The van der Waals surface area contributed by atoms with Crippen LogP contribution in [-0.4, -0.2) is 30.8 Å². The van der Waals surface area contributed by atoms with Crippen LogP contribution in [0.5, 0.6) is 11.5 Å². The first-order chi connectivity index (χ1) is 10.0. The maximum absolute atomic E-state index is 11.1. The van der Waals surface area contributed by atoms with Crippen LogP contribution in [-0.2, 0) is 10.1 Å². The zero-order valence-electron chi connectivity index (χ0n) is 12.0. The van der Waals surface area contributed by atoms with Gasteiger partial charge in [-0.05, 0) is 25.8 Å². The van der Waals surface area contributed by atoms with Gasteiger partial charge in [0.2, 0.25) is 0 Å². The molecule has 1 aromatic rings. The van der Waals surface area contributed by atoms with Gasteiger partial charge < -0.3 is 14.2 Å². The minimum atomic E-state index is -0.420. The van der Waals surface area contributed by atoms with Gasteiger partial charge in [0.25, 0.3) is 5.69 Å².